The highest BCUT2D eigenvalue weighted by Crippen LogP contribution is 2.41. The molecule has 1 aliphatic carbocycles. The molecule has 0 fully saturated rings. The van der Waals surface area contributed by atoms with E-state index in [-0.39, 0.29) is 17.3 Å². The minimum Gasteiger partial charge on any atom is -0.465 e. The summed E-state index contributed by atoms with van der Waals surface area (Å²) in [6, 6.07) is 10.7. The van der Waals surface area contributed by atoms with Gasteiger partial charge >= 0.3 is 0 Å². The number of hydrogen-bond donors (Lipinski definition) is 1. The molecule has 0 aliphatic heterocycles. The summed E-state index contributed by atoms with van der Waals surface area (Å²) in [6.45, 7) is 7.21. The van der Waals surface area contributed by atoms with Crippen molar-refractivity contribution >= 4 is 0 Å². The molecule has 1 aromatic carbocycles. The van der Waals surface area contributed by atoms with E-state index in [1.807, 2.05) is 29.9 Å². The molecule has 2 heterocycles. The van der Waals surface area contributed by atoms with Crippen molar-refractivity contribution in [2.75, 3.05) is 0 Å². The summed E-state index contributed by atoms with van der Waals surface area (Å²) in [4.78, 5) is 0. The zero-order valence-corrected chi connectivity index (χ0v) is 15.4. The number of aryl methyl sites for hydroxylation is 1. The lowest BCUT2D eigenvalue weighted by Gasteiger charge is -2.36. The van der Waals surface area contributed by atoms with Gasteiger partial charge in [0.25, 0.3) is 0 Å². The first-order valence-electron chi connectivity index (χ1n) is 9.03. The molecule has 0 radical (unpaired) electrons. The standard InChI is InChI=1S/C21H24FN3O/c1-14-4-9-17(26-14)12-23-19-10-21(2,3)11-20-18(19)13-24-25(20)16-7-5-15(22)6-8-16/h4-9,13,19,23H,10-12H2,1-3H3. The fraction of sp³-hybridized carbons (Fsp3) is 0.381. The molecule has 3 aromatic rings. The summed E-state index contributed by atoms with van der Waals surface area (Å²) >= 11 is 0. The fourth-order valence-electron chi connectivity index (χ4n) is 3.83. The Morgan fingerprint density at radius 2 is 2.00 bits per heavy atom. The lowest BCUT2D eigenvalue weighted by atomic mass is 9.74. The van der Waals surface area contributed by atoms with Gasteiger partial charge in [-0.1, -0.05) is 13.8 Å². The van der Waals surface area contributed by atoms with Crippen LogP contribution in [0.3, 0.4) is 0 Å². The van der Waals surface area contributed by atoms with Gasteiger partial charge in [0.2, 0.25) is 0 Å². The number of furan rings is 1. The highest BCUT2D eigenvalue weighted by molar-refractivity contribution is 5.38. The molecule has 0 bridgehead atoms. The maximum atomic E-state index is 13.3. The van der Waals surface area contributed by atoms with Crippen LogP contribution >= 0.6 is 0 Å². The summed E-state index contributed by atoms with van der Waals surface area (Å²) in [5.41, 5.74) is 3.46. The Labute approximate surface area is 153 Å². The molecule has 2 aromatic heterocycles. The van der Waals surface area contributed by atoms with Crippen LogP contribution in [0.1, 0.15) is 49.1 Å². The molecule has 0 saturated carbocycles. The van der Waals surface area contributed by atoms with Crippen molar-refractivity contribution in [3.8, 4) is 5.69 Å². The summed E-state index contributed by atoms with van der Waals surface area (Å²) in [7, 11) is 0. The average Bonchev–Trinajstić information content (AvgIpc) is 3.19. The Bertz CT molecular complexity index is 908. The molecule has 1 aliphatic rings. The number of halogens is 1. The molecule has 1 atom stereocenters. The Hall–Kier alpha value is -2.40. The minimum atomic E-state index is -0.233. The summed E-state index contributed by atoms with van der Waals surface area (Å²) in [5.74, 6) is 1.64. The van der Waals surface area contributed by atoms with Crippen LogP contribution in [0.4, 0.5) is 4.39 Å². The zero-order valence-electron chi connectivity index (χ0n) is 15.4. The van der Waals surface area contributed by atoms with Gasteiger partial charge in [-0.05, 0) is 61.6 Å². The summed E-state index contributed by atoms with van der Waals surface area (Å²) in [5, 5.41) is 8.23. The average molecular weight is 353 g/mol. The van der Waals surface area contributed by atoms with E-state index >= 15 is 0 Å². The van der Waals surface area contributed by atoms with Crippen LogP contribution in [-0.2, 0) is 13.0 Å². The second kappa shape index (κ2) is 6.40. The second-order valence-corrected chi connectivity index (χ2v) is 7.93. The molecular weight excluding hydrogens is 329 g/mol. The number of hydrogen-bond acceptors (Lipinski definition) is 3. The van der Waals surface area contributed by atoms with E-state index in [1.54, 1.807) is 12.1 Å². The Kier molecular flexibility index (Phi) is 4.19. The minimum absolute atomic E-state index is 0.154. The third kappa shape index (κ3) is 3.31. The number of nitrogens with zero attached hydrogens (tertiary/aromatic N) is 2. The van der Waals surface area contributed by atoms with Crippen LogP contribution in [0.2, 0.25) is 0 Å². The molecule has 1 unspecified atom stereocenters. The lowest BCUT2D eigenvalue weighted by Crippen LogP contribution is -2.33. The van der Waals surface area contributed by atoms with E-state index in [0.29, 0.717) is 6.54 Å². The second-order valence-electron chi connectivity index (χ2n) is 7.93. The zero-order chi connectivity index (χ0) is 18.3. The van der Waals surface area contributed by atoms with Crippen LogP contribution in [0.15, 0.2) is 47.0 Å². The van der Waals surface area contributed by atoms with E-state index in [2.05, 4.69) is 24.3 Å². The molecule has 4 rings (SSSR count). The van der Waals surface area contributed by atoms with Crippen LogP contribution in [0.25, 0.3) is 5.69 Å². The van der Waals surface area contributed by atoms with Gasteiger partial charge in [0.05, 0.1) is 18.4 Å². The van der Waals surface area contributed by atoms with Crippen LogP contribution < -0.4 is 5.32 Å². The van der Waals surface area contributed by atoms with E-state index < -0.39 is 0 Å². The van der Waals surface area contributed by atoms with Crippen LogP contribution in [-0.4, -0.2) is 9.78 Å². The van der Waals surface area contributed by atoms with Gasteiger partial charge in [-0.3, -0.25) is 0 Å². The third-order valence-corrected chi connectivity index (χ3v) is 5.07. The van der Waals surface area contributed by atoms with Gasteiger partial charge in [0.1, 0.15) is 17.3 Å². The number of rotatable bonds is 4. The van der Waals surface area contributed by atoms with Gasteiger partial charge in [-0.15, -0.1) is 0 Å². The maximum Gasteiger partial charge on any atom is 0.123 e. The monoisotopic (exact) mass is 353 g/mol. The van der Waals surface area contributed by atoms with Crippen molar-refractivity contribution in [2.45, 2.75) is 46.2 Å². The van der Waals surface area contributed by atoms with Crippen LogP contribution in [0.5, 0.6) is 0 Å². The normalized spacial score (nSPS) is 18.7. The van der Waals surface area contributed by atoms with Gasteiger partial charge in [-0.2, -0.15) is 5.10 Å². The number of aromatic nitrogens is 2. The maximum absolute atomic E-state index is 13.3. The van der Waals surface area contributed by atoms with Gasteiger partial charge < -0.3 is 9.73 Å². The van der Waals surface area contributed by atoms with Gasteiger partial charge in [0, 0.05) is 17.3 Å². The van der Waals surface area contributed by atoms with Crippen molar-refractivity contribution in [1.82, 2.24) is 15.1 Å². The van der Waals surface area contributed by atoms with E-state index in [1.165, 1.54) is 23.4 Å². The Balaban J connectivity index is 1.63. The van der Waals surface area contributed by atoms with Crippen molar-refractivity contribution in [3.05, 3.63) is 71.2 Å². The molecule has 4 nitrogen and oxygen atoms in total. The van der Waals surface area contributed by atoms with Crippen molar-refractivity contribution < 1.29 is 8.81 Å². The van der Waals surface area contributed by atoms with Gasteiger partial charge in [-0.25, -0.2) is 9.07 Å². The molecule has 136 valence electrons. The van der Waals surface area contributed by atoms with E-state index in [4.69, 9.17) is 4.42 Å². The molecule has 0 saturated heterocycles. The molecule has 0 spiro atoms. The Morgan fingerprint density at radius 3 is 2.69 bits per heavy atom. The predicted octanol–water partition coefficient (Wildman–Crippen LogP) is 4.72. The predicted molar refractivity (Wildman–Crippen MR) is 98.6 cm³/mol. The number of nitrogens with one attached hydrogen (secondary N) is 1. The first-order chi connectivity index (χ1) is 12.4. The molecule has 0 amide bonds. The molecule has 5 heteroatoms. The van der Waals surface area contributed by atoms with Crippen molar-refractivity contribution in [3.63, 3.8) is 0 Å². The summed E-state index contributed by atoms with van der Waals surface area (Å²) < 4.78 is 20.9. The smallest absolute Gasteiger partial charge is 0.123 e. The highest BCUT2D eigenvalue weighted by atomic mass is 19.1. The lowest BCUT2D eigenvalue weighted by molar-refractivity contribution is 0.249. The third-order valence-electron chi connectivity index (χ3n) is 5.07. The molecular formula is C21H24FN3O. The largest absolute Gasteiger partial charge is 0.465 e. The van der Waals surface area contributed by atoms with Crippen molar-refractivity contribution in [1.29, 1.82) is 0 Å². The first-order valence-corrected chi connectivity index (χ1v) is 9.03. The van der Waals surface area contributed by atoms with E-state index in [9.17, 15) is 4.39 Å². The van der Waals surface area contributed by atoms with Gasteiger partial charge in [0.15, 0.2) is 0 Å². The molecule has 1 N–H and O–H groups in total. The first kappa shape index (κ1) is 17.0. The Morgan fingerprint density at radius 1 is 1.23 bits per heavy atom. The fourth-order valence-corrected chi connectivity index (χ4v) is 3.83. The number of benzene rings is 1. The number of fused-ring (bicyclic) bond motifs is 1. The summed E-state index contributed by atoms with van der Waals surface area (Å²) in [6.07, 6.45) is 3.92. The molecule has 26 heavy (non-hydrogen) atoms. The van der Waals surface area contributed by atoms with E-state index in [0.717, 1.165) is 30.0 Å². The quantitative estimate of drug-likeness (QED) is 0.738. The van der Waals surface area contributed by atoms with Crippen molar-refractivity contribution in [2.24, 2.45) is 5.41 Å². The SMILES string of the molecule is Cc1ccc(CNC2CC(C)(C)Cc3c2cnn3-c2ccc(F)cc2)o1. The highest BCUT2D eigenvalue weighted by Gasteiger charge is 2.35. The van der Waals surface area contributed by atoms with Crippen LogP contribution in [0, 0.1) is 18.2 Å². The topological polar surface area (TPSA) is 43.0 Å².